The maximum Gasteiger partial charge on any atom is 0.347 e. The van der Waals surface area contributed by atoms with Crippen molar-refractivity contribution in [3.8, 4) is 0 Å². The molecular formula is C19H20F2N4O3. The van der Waals surface area contributed by atoms with Gasteiger partial charge in [0.25, 0.3) is 5.91 Å². The standard InChI is InChI=1S/C19H20F2N4O3/c1-23(28-2)16(26)18-8-19(9-18,10-18)25-17(27)24-14(3-4-15(24)22-25)11-5-12(20)7-13(21)6-11/h5-7,14H,3-4,8-10H2,1-2H3. The summed E-state index contributed by atoms with van der Waals surface area (Å²) in [6.45, 7) is 0. The molecule has 2 heterocycles. The summed E-state index contributed by atoms with van der Waals surface area (Å²) < 4.78 is 30.3. The van der Waals surface area contributed by atoms with Gasteiger partial charge in [0.15, 0.2) is 0 Å². The van der Waals surface area contributed by atoms with Crippen LogP contribution in [0, 0.1) is 17.0 Å². The quantitative estimate of drug-likeness (QED) is 0.746. The number of hydroxylamine groups is 2. The van der Waals surface area contributed by atoms with Crippen LogP contribution in [0.3, 0.4) is 0 Å². The molecule has 3 fully saturated rings. The van der Waals surface area contributed by atoms with Crippen LogP contribution >= 0.6 is 0 Å². The van der Waals surface area contributed by atoms with Crippen molar-refractivity contribution >= 4 is 5.91 Å². The molecule has 1 aromatic carbocycles. The fraction of sp³-hybridized carbons (Fsp3) is 0.526. The molecule has 1 aliphatic heterocycles. The van der Waals surface area contributed by atoms with Gasteiger partial charge in [0.05, 0.1) is 24.1 Å². The van der Waals surface area contributed by atoms with Crippen molar-refractivity contribution in [1.82, 2.24) is 19.4 Å². The lowest BCUT2D eigenvalue weighted by Gasteiger charge is -2.68. The lowest BCUT2D eigenvalue weighted by Crippen LogP contribution is -2.74. The highest BCUT2D eigenvalue weighted by Crippen LogP contribution is 2.71. The van der Waals surface area contributed by atoms with Gasteiger partial charge in [-0.05, 0) is 43.4 Å². The van der Waals surface area contributed by atoms with Gasteiger partial charge in [-0.25, -0.2) is 23.3 Å². The van der Waals surface area contributed by atoms with Crippen molar-refractivity contribution in [2.75, 3.05) is 14.2 Å². The molecule has 0 saturated heterocycles. The fourth-order valence-electron chi connectivity index (χ4n) is 5.29. The number of aromatic nitrogens is 3. The summed E-state index contributed by atoms with van der Waals surface area (Å²) in [4.78, 5) is 30.5. The molecule has 3 aliphatic carbocycles. The minimum atomic E-state index is -0.661. The first-order valence-corrected chi connectivity index (χ1v) is 9.28. The molecule has 9 heteroatoms. The molecule has 2 bridgehead atoms. The largest absolute Gasteiger partial charge is 0.347 e. The molecule has 0 radical (unpaired) electrons. The number of hydrogen-bond acceptors (Lipinski definition) is 4. The first-order chi connectivity index (χ1) is 13.3. The number of benzene rings is 1. The van der Waals surface area contributed by atoms with E-state index in [1.54, 1.807) is 11.6 Å². The Morgan fingerprint density at radius 1 is 1.25 bits per heavy atom. The van der Waals surface area contributed by atoms with Crippen molar-refractivity contribution in [3.05, 3.63) is 51.7 Å². The van der Waals surface area contributed by atoms with Crippen molar-refractivity contribution in [1.29, 1.82) is 0 Å². The Balaban J connectivity index is 1.44. The van der Waals surface area contributed by atoms with E-state index in [4.69, 9.17) is 4.84 Å². The molecule has 1 unspecified atom stereocenters. The molecule has 3 saturated carbocycles. The maximum absolute atomic E-state index is 13.6. The van der Waals surface area contributed by atoms with E-state index in [0.29, 0.717) is 43.5 Å². The van der Waals surface area contributed by atoms with Crippen molar-refractivity contribution in [2.45, 2.75) is 43.7 Å². The highest BCUT2D eigenvalue weighted by atomic mass is 19.1. The van der Waals surface area contributed by atoms with Crippen LogP contribution in [-0.2, 0) is 21.6 Å². The van der Waals surface area contributed by atoms with E-state index in [9.17, 15) is 18.4 Å². The maximum atomic E-state index is 13.6. The SMILES string of the molecule is CON(C)C(=O)C12CC(n3nc4n(c3=O)C(c3cc(F)cc(F)c3)CC4)(C1)C2. The van der Waals surface area contributed by atoms with E-state index in [-0.39, 0.29) is 11.6 Å². The number of rotatable bonds is 4. The third kappa shape index (κ3) is 2.13. The summed E-state index contributed by atoms with van der Waals surface area (Å²) in [5.41, 5.74) is -0.744. The van der Waals surface area contributed by atoms with Crippen LogP contribution in [0.2, 0.25) is 0 Å². The van der Waals surface area contributed by atoms with E-state index in [1.165, 1.54) is 29.0 Å². The first-order valence-electron chi connectivity index (χ1n) is 9.28. The van der Waals surface area contributed by atoms with E-state index >= 15 is 0 Å². The van der Waals surface area contributed by atoms with Crippen molar-refractivity contribution in [2.24, 2.45) is 5.41 Å². The predicted molar refractivity (Wildman–Crippen MR) is 93.3 cm³/mol. The molecule has 2 aromatic rings. The van der Waals surface area contributed by atoms with Crippen LogP contribution in [0.15, 0.2) is 23.0 Å². The van der Waals surface area contributed by atoms with Gasteiger partial charge in [0.1, 0.15) is 17.5 Å². The predicted octanol–water partition coefficient (Wildman–Crippen LogP) is 1.76. The summed E-state index contributed by atoms with van der Waals surface area (Å²) >= 11 is 0. The molecule has 7 nitrogen and oxygen atoms in total. The van der Waals surface area contributed by atoms with Gasteiger partial charge in [0.2, 0.25) is 0 Å². The molecule has 1 atom stereocenters. The molecule has 1 amide bonds. The number of carbonyl (C=O) groups is 1. The van der Waals surface area contributed by atoms with Gasteiger partial charge in [-0.2, -0.15) is 5.10 Å². The molecule has 1 aromatic heterocycles. The van der Waals surface area contributed by atoms with Crippen molar-refractivity contribution in [3.63, 3.8) is 0 Å². The van der Waals surface area contributed by atoms with Crippen LogP contribution in [-0.4, -0.2) is 39.5 Å². The molecule has 0 spiro atoms. The number of fused-ring (bicyclic) bond motifs is 1. The summed E-state index contributed by atoms with van der Waals surface area (Å²) in [5, 5.41) is 5.75. The Kier molecular flexibility index (Phi) is 3.44. The average molecular weight is 390 g/mol. The van der Waals surface area contributed by atoms with E-state index in [1.807, 2.05) is 0 Å². The molecular weight excluding hydrogens is 370 g/mol. The fourth-order valence-corrected chi connectivity index (χ4v) is 5.29. The van der Waals surface area contributed by atoms with Gasteiger partial charge in [-0.1, -0.05) is 0 Å². The van der Waals surface area contributed by atoms with Crippen LogP contribution in [0.4, 0.5) is 8.78 Å². The highest BCUT2D eigenvalue weighted by Gasteiger charge is 2.74. The minimum absolute atomic E-state index is 0.0789. The zero-order chi connectivity index (χ0) is 19.8. The molecule has 148 valence electrons. The second-order valence-corrected chi connectivity index (χ2v) is 8.26. The molecule has 28 heavy (non-hydrogen) atoms. The second kappa shape index (κ2) is 5.50. The lowest BCUT2D eigenvalue weighted by molar-refractivity contribution is -0.235. The van der Waals surface area contributed by atoms with Crippen LogP contribution in [0.5, 0.6) is 0 Å². The normalized spacial score (nSPS) is 29.8. The lowest BCUT2D eigenvalue weighted by atomic mass is 9.39. The molecule has 4 aliphatic rings. The Morgan fingerprint density at radius 2 is 1.89 bits per heavy atom. The number of halogens is 2. The van der Waals surface area contributed by atoms with E-state index in [2.05, 4.69) is 5.10 Å². The topological polar surface area (TPSA) is 69.4 Å². The zero-order valence-corrected chi connectivity index (χ0v) is 15.6. The van der Waals surface area contributed by atoms with E-state index < -0.39 is 28.6 Å². The smallest absolute Gasteiger partial charge is 0.275 e. The van der Waals surface area contributed by atoms with Gasteiger partial charge in [0, 0.05) is 19.5 Å². The highest BCUT2D eigenvalue weighted by molar-refractivity contribution is 5.85. The number of amides is 1. The van der Waals surface area contributed by atoms with Crippen LogP contribution < -0.4 is 5.69 Å². The summed E-state index contributed by atoms with van der Waals surface area (Å²) in [6.07, 6.45) is 2.82. The first kappa shape index (κ1) is 17.5. The average Bonchev–Trinajstić information content (AvgIpc) is 3.12. The summed E-state index contributed by atoms with van der Waals surface area (Å²) in [5.74, 6) is -0.777. The third-order valence-electron chi connectivity index (χ3n) is 6.57. The Labute approximate surface area is 159 Å². The van der Waals surface area contributed by atoms with Gasteiger partial charge >= 0.3 is 5.69 Å². The number of aryl methyl sites for hydroxylation is 1. The summed E-state index contributed by atoms with van der Waals surface area (Å²) in [6, 6.07) is 2.92. The second-order valence-electron chi connectivity index (χ2n) is 8.26. The van der Waals surface area contributed by atoms with Crippen molar-refractivity contribution < 1.29 is 18.4 Å². The molecule has 6 rings (SSSR count). The Morgan fingerprint density at radius 3 is 2.50 bits per heavy atom. The number of nitrogens with zero attached hydrogens (tertiary/aromatic N) is 4. The van der Waals surface area contributed by atoms with Crippen LogP contribution in [0.25, 0.3) is 0 Å². The number of carbonyl (C=O) groups excluding carboxylic acids is 1. The van der Waals surface area contributed by atoms with Crippen LogP contribution in [0.1, 0.15) is 43.1 Å². The minimum Gasteiger partial charge on any atom is -0.275 e. The van der Waals surface area contributed by atoms with Gasteiger partial charge in [-0.3, -0.25) is 14.2 Å². The Bertz CT molecular complexity index is 1020. The van der Waals surface area contributed by atoms with Gasteiger partial charge < -0.3 is 0 Å². The molecule has 0 N–H and O–H groups in total. The Hall–Kier alpha value is -2.55. The van der Waals surface area contributed by atoms with E-state index in [0.717, 1.165) is 6.07 Å². The zero-order valence-electron chi connectivity index (χ0n) is 15.6. The number of hydrogen-bond donors (Lipinski definition) is 0. The monoisotopic (exact) mass is 390 g/mol. The third-order valence-corrected chi connectivity index (χ3v) is 6.57. The van der Waals surface area contributed by atoms with Gasteiger partial charge in [-0.15, -0.1) is 0 Å². The summed E-state index contributed by atoms with van der Waals surface area (Å²) in [7, 11) is 3.02.